The van der Waals surface area contributed by atoms with Gasteiger partial charge in [0.15, 0.2) is 6.67 Å². The van der Waals surface area contributed by atoms with Crippen LogP contribution in [0.25, 0.3) is 0 Å². The van der Waals surface area contributed by atoms with Gasteiger partial charge in [-0.1, -0.05) is 54.6 Å². The lowest BCUT2D eigenvalue weighted by molar-refractivity contribution is -0.923. The fourth-order valence-corrected chi connectivity index (χ4v) is 3.80. The predicted molar refractivity (Wildman–Crippen MR) is 90.2 cm³/mol. The van der Waals surface area contributed by atoms with Crippen LogP contribution in [0.1, 0.15) is 29.0 Å². The molecule has 0 bridgehead atoms. The van der Waals surface area contributed by atoms with Crippen LogP contribution < -0.4 is 4.90 Å². The Morgan fingerprint density at radius 3 is 2.46 bits per heavy atom. The minimum Gasteiger partial charge on any atom is -0.313 e. The first-order chi connectivity index (χ1) is 11.7. The van der Waals surface area contributed by atoms with E-state index in [1.54, 1.807) is 0 Å². The van der Waals surface area contributed by atoms with Crippen molar-refractivity contribution in [2.75, 3.05) is 13.2 Å². The Hall–Kier alpha value is -2.46. The van der Waals surface area contributed by atoms with E-state index in [2.05, 4.69) is 24.3 Å². The number of hydrogen-bond donors (Lipinski definition) is 1. The van der Waals surface area contributed by atoms with Gasteiger partial charge in [-0.25, -0.2) is 4.90 Å². The van der Waals surface area contributed by atoms with E-state index < -0.39 is 0 Å². The number of benzene rings is 2. The minimum atomic E-state index is -0.310. The van der Waals surface area contributed by atoms with E-state index in [1.807, 2.05) is 30.3 Å². The van der Waals surface area contributed by atoms with Gasteiger partial charge in [-0.3, -0.25) is 9.59 Å². The molecular formula is C20H21N2O2+. The summed E-state index contributed by atoms with van der Waals surface area (Å²) in [5, 5.41) is 0. The normalized spacial score (nSPS) is 23.4. The number of quaternary nitrogens is 1. The van der Waals surface area contributed by atoms with Crippen molar-refractivity contribution in [3.63, 3.8) is 0 Å². The van der Waals surface area contributed by atoms with Crippen molar-refractivity contribution in [2.24, 2.45) is 0 Å². The van der Waals surface area contributed by atoms with Gasteiger partial charge in [-0.15, -0.1) is 0 Å². The fourth-order valence-electron chi connectivity index (χ4n) is 3.80. The average Bonchev–Trinajstić information content (AvgIpc) is 2.90. The summed E-state index contributed by atoms with van der Waals surface area (Å²) in [4.78, 5) is 27.9. The van der Waals surface area contributed by atoms with Gasteiger partial charge in [0.2, 0.25) is 11.8 Å². The highest BCUT2D eigenvalue weighted by Crippen LogP contribution is 2.28. The predicted octanol–water partition coefficient (Wildman–Crippen LogP) is 1.13. The molecule has 1 fully saturated rings. The second kappa shape index (κ2) is 6.21. The third-order valence-electron chi connectivity index (χ3n) is 5.13. The zero-order valence-electron chi connectivity index (χ0n) is 13.6. The number of imide groups is 1. The van der Waals surface area contributed by atoms with Crippen molar-refractivity contribution in [1.82, 2.24) is 4.90 Å². The van der Waals surface area contributed by atoms with Crippen molar-refractivity contribution in [1.29, 1.82) is 0 Å². The van der Waals surface area contributed by atoms with E-state index in [0.29, 0.717) is 13.1 Å². The molecule has 0 saturated carbocycles. The quantitative estimate of drug-likeness (QED) is 0.861. The molecule has 2 aromatic carbocycles. The van der Waals surface area contributed by atoms with Gasteiger partial charge in [0.05, 0.1) is 12.5 Å². The zero-order valence-corrected chi connectivity index (χ0v) is 13.6. The van der Waals surface area contributed by atoms with E-state index in [9.17, 15) is 9.59 Å². The Morgan fingerprint density at radius 1 is 0.958 bits per heavy atom. The lowest BCUT2D eigenvalue weighted by Gasteiger charge is -2.28. The number of carbonyl (C=O) groups excluding carboxylic acids is 2. The van der Waals surface area contributed by atoms with Crippen LogP contribution in [0.15, 0.2) is 54.6 Å². The number of fused-ring (bicyclic) bond motifs is 1. The fraction of sp³-hybridized carbons (Fsp3) is 0.300. The number of nitrogens with zero attached hydrogens (tertiary/aromatic N) is 1. The highest BCUT2D eigenvalue weighted by molar-refractivity contribution is 6.06. The third kappa shape index (κ3) is 2.74. The molecule has 4 nitrogen and oxygen atoms in total. The summed E-state index contributed by atoms with van der Waals surface area (Å²) in [6, 6.07) is 18.1. The van der Waals surface area contributed by atoms with Crippen molar-refractivity contribution in [3.8, 4) is 0 Å². The van der Waals surface area contributed by atoms with Gasteiger partial charge < -0.3 is 4.90 Å². The van der Waals surface area contributed by atoms with Crippen LogP contribution >= 0.6 is 0 Å². The van der Waals surface area contributed by atoms with Gasteiger partial charge in [0.25, 0.3) is 0 Å². The molecule has 2 atom stereocenters. The molecule has 2 amide bonds. The number of nitrogens with one attached hydrogen (secondary N) is 1. The molecule has 0 aromatic heterocycles. The number of amides is 2. The molecule has 2 aliphatic heterocycles. The molecule has 1 saturated heterocycles. The maximum atomic E-state index is 12.7. The van der Waals surface area contributed by atoms with Crippen LogP contribution in [0.5, 0.6) is 0 Å². The van der Waals surface area contributed by atoms with Gasteiger partial charge in [-0.2, -0.15) is 0 Å². The SMILES string of the molecule is O=C1C[C@H](c2ccccc2)C(=O)N1C[NH+]1CCc2ccccc2C1. The van der Waals surface area contributed by atoms with Gasteiger partial charge in [0, 0.05) is 18.4 Å². The molecule has 2 aromatic rings. The van der Waals surface area contributed by atoms with E-state index in [0.717, 1.165) is 25.1 Å². The molecular weight excluding hydrogens is 300 g/mol. The van der Waals surface area contributed by atoms with Crippen molar-refractivity contribution >= 4 is 11.8 Å². The monoisotopic (exact) mass is 321 g/mol. The van der Waals surface area contributed by atoms with E-state index in [-0.39, 0.29) is 17.7 Å². The molecule has 0 aliphatic carbocycles. The summed E-state index contributed by atoms with van der Waals surface area (Å²) < 4.78 is 0. The van der Waals surface area contributed by atoms with Crippen LogP contribution in [0.2, 0.25) is 0 Å². The Kier molecular flexibility index (Phi) is 3.90. The average molecular weight is 321 g/mol. The Morgan fingerprint density at radius 2 is 1.67 bits per heavy atom. The maximum Gasteiger partial charge on any atom is 0.241 e. The topological polar surface area (TPSA) is 41.8 Å². The highest BCUT2D eigenvalue weighted by Gasteiger charge is 2.41. The number of carbonyl (C=O) groups is 2. The van der Waals surface area contributed by atoms with Crippen LogP contribution in [0.4, 0.5) is 0 Å². The first-order valence-electron chi connectivity index (χ1n) is 8.52. The number of rotatable bonds is 3. The van der Waals surface area contributed by atoms with Crippen LogP contribution in [0, 0.1) is 0 Å². The molecule has 1 unspecified atom stereocenters. The zero-order chi connectivity index (χ0) is 16.5. The largest absolute Gasteiger partial charge is 0.313 e. The summed E-state index contributed by atoms with van der Waals surface area (Å²) in [6.07, 6.45) is 1.30. The van der Waals surface area contributed by atoms with Gasteiger partial charge in [0.1, 0.15) is 6.54 Å². The van der Waals surface area contributed by atoms with Crippen molar-refractivity contribution in [3.05, 3.63) is 71.3 Å². The third-order valence-corrected chi connectivity index (χ3v) is 5.13. The van der Waals surface area contributed by atoms with Gasteiger partial charge >= 0.3 is 0 Å². The van der Waals surface area contributed by atoms with Crippen LogP contribution in [-0.4, -0.2) is 29.9 Å². The lowest BCUT2D eigenvalue weighted by atomic mass is 9.98. The smallest absolute Gasteiger partial charge is 0.241 e. The molecule has 0 spiro atoms. The van der Waals surface area contributed by atoms with Crippen molar-refractivity contribution in [2.45, 2.75) is 25.3 Å². The van der Waals surface area contributed by atoms with Gasteiger partial charge in [-0.05, 0) is 11.1 Å². The molecule has 4 rings (SSSR count). The molecule has 24 heavy (non-hydrogen) atoms. The summed E-state index contributed by atoms with van der Waals surface area (Å²) >= 11 is 0. The molecule has 0 radical (unpaired) electrons. The number of hydrogen-bond acceptors (Lipinski definition) is 2. The summed E-state index contributed by atoms with van der Waals surface area (Å²) in [5.74, 6) is -0.395. The second-order valence-electron chi connectivity index (χ2n) is 6.68. The number of likely N-dealkylation sites (tertiary alicyclic amines) is 1. The molecule has 122 valence electrons. The Labute approximate surface area is 141 Å². The molecule has 2 aliphatic rings. The van der Waals surface area contributed by atoms with E-state index >= 15 is 0 Å². The summed E-state index contributed by atoms with van der Waals surface area (Å²) in [5.41, 5.74) is 3.66. The van der Waals surface area contributed by atoms with Crippen LogP contribution in [0.3, 0.4) is 0 Å². The van der Waals surface area contributed by atoms with E-state index in [1.165, 1.54) is 20.9 Å². The van der Waals surface area contributed by atoms with E-state index in [4.69, 9.17) is 0 Å². The molecule has 2 heterocycles. The van der Waals surface area contributed by atoms with Crippen molar-refractivity contribution < 1.29 is 14.5 Å². The summed E-state index contributed by atoms with van der Waals surface area (Å²) in [7, 11) is 0. The second-order valence-corrected chi connectivity index (χ2v) is 6.68. The Balaban J connectivity index is 1.48. The summed E-state index contributed by atoms with van der Waals surface area (Å²) in [6.45, 7) is 2.32. The minimum absolute atomic E-state index is 0.0415. The molecule has 4 heteroatoms. The standard InChI is InChI=1S/C20H20N2O2/c23-19-12-18(16-7-2-1-3-8-16)20(24)22(19)14-21-11-10-15-6-4-5-9-17(15)13-21/h1-9,18H,10-14H2/p+1/t18-/m1/s1. The Bertz CT molecular complexity index is 772. The lowest BCUT2D eigenvalue weighted by Crippen LogP contribution is -3.13. The first-order valence-corrected chi connectivity index (χ1v) is 8.52. The highest BCUT2D eigenvalue weighted by atomic mass is 16.2. The molecule has 1 N–H and O–H groups in total. The van der Waals surface area contributed by atoms with Crippen LogP contribution in [-0.2, 0) is 22.6 Å². The first kappa shape index (κ1) is 15.1. The maximum absolute atomic E-state index is 12.7.